The van der Waals surface area contributed by atoms with Gasteiger partial charge in [-0.25, -0.2) is 4.39 Å². The fourth-order valence-electron chi connectivity index (χ4n) is 3.74. The molecule has 4 rings (SSSR count). The third kappa shape index (κ3) is 3.80. The summed E-state index contributed by atoms with van der Waals surface area (Å²) in [5.41, 5.74) is 4.80. The van der Waals surface area contributed by atoms with Crippen molar-refractivity contribution in [3.8, 4) is 5.69 Å². The molecule has 0 atom stereocenters. The third-order valence-corrected chi connectivity index (χ3v) is 5.50. The lowest BCUT2D eigenvalue weighted by molar-refractivity contribution is -0.122. The summed E-state index contributed by atoms with van der Waals surface area (Å²) in [6.45, 7) is 5.72. The third-order valence-electron chi connectivity index (χ3n) is 5.22. The van der Waals surface area contributed by atoms with Gasteiger partial charge in [0.2, 0.25) is 0 Å². The average molecular weight is 434 g/mol. The van der Waals surface area contributed by atoms with Crippen molar-refractivity contribution in [2.75, 3.05) is 4.90 Å². The molecule has 2 amide bonds. The van der Waals surface area contributed by atoms with Crippen molar-refractivity contribution in [3.05, 3.63) is 88.5 Å². The van der Waals surface area contributed by atoms with Crippen molar-refractivity contribution in [2.45, 2.75) is 20.8 Å². The molecule has 7 heteroatoms. The highest BCUT2D eigenvalue weighted by molar-refractivity contribution is 7.80. The molecule has 0 bridgehead atoms. The van der Waals surface area contributed by atoms with E-state index in [1.54, 1.807) is 24.3 Å². The second-order valence-corrected chi connectivity index (χ2v) is 7.82. The molecule has 0 saturated carbocycles. The molecule has 1 N–H and O–H groups in total. The van der Waals surface area contributed by atoms with Crippen LogP contribution in [-0.2, 0) is 9.59 Å². The predicted octanol–water partition coefficient (Wildman–Crippen LogP) is 4.37. The molecular weight excluding hydrogens is 413 g/mol. The predicted molar refractivity (Wildman–Crippen MR) is 123 cm³/mol. The van der Waals surface area contributed by atoms with Gasteiger partial charge in [0.15, 0.2) is 5.11 Å². The van der Waals surface area contributed by atoms with Crippen molar-refractivity contribution < 1.29 is 14.0 Å². The normalized spacial score (nSPS) is 15.5. The summed E-state index contributed by atoms with van der Waals surface area (Å²) in [6.07, 6.45) is 1.57. The zero-order chi connectivity index (χ0) is 22.3. The number of anilines is 1. The van der Waals surface area contributed by atoms with E-state index in [-0.39, 0.29) is 16.5 Å². The van der Waals surface area contributed by atoms with Gasteiger partial charge in [-0.15, -0.1) is 0 Å². The second-order valence-electron chi connectivity index (χ2n) is 7.44. The van der Waals surface area contributed by atoms with E-state index >= 15 is 0 Å². The summed E-state index contributed by atoms with van der Waals surface area (Å²) in [5.74, 6) is -1.33. The lowest BCUT2D eigenvalue weighted by Gasteiger charge is -2.29. The van der Waals surface area contributed by atoms with E-state index in [2.05, 4.69) is 5.32 Å². The van der Waals surface area contributed by atoms with Gasteiger partial charge in [-0.3, -0.25) is 19.8 Å². The van der Waals surface area contributed by atoms with E-state index in [1.807, 2.05) is 49.6 Å². The number of aryl methyl sites for hydroxylation is 2. The van der Waals surface area contributed by atoms with Crippen LogP contribution in [0.25, 0.3) is 11.8 Å². The molecule has 2 aromatic carbocycles. The van der Waals surface area contributed by atoms with Gasteiger partial charge in [-0.2, -0.15) is 0 Å². The van der Waals surface area contributed by atoms with Crippen molar-refractivity contribution in [1.82, 2.24) is 9.88 Å². The second kappa shape index (κ2) is 7.92. The zero-order valence-corrected chi connectivity index (χ0v) is 18.1. The standard InChI is InChI=1S/C24H20FN3O2S/c1-14-5-4-6-20(11-14)28-23(30)21(22(29)26-24(28)31)13-17-12-15(2)27(16(17)3)19-9-7-18(25)8-10-19/h4-13H,1-3H3,(H,26,29,31)/b21-13-. The van der Waals surface area contributed by atoms with Gasteiger partial charge in [-0.1, -0.05) is 12.1 Å². The van der Waals surface area contributed by atoms with Gasteiger partial charge in [0.25, 0.3) is 11.8 Å². The quantitative estimate of drug-likeness (QED) is 0.379. The topological polar surface area (TPSA) is 54.3 Å². The first kappa shape index (κ1) is 20.7. The molecule has 0 unspecified atom stereocenters. The van der Waals surface area contributed by atoms with Crippen molar-refractivity contribution in [3.63, 3.8) is 0 Å². The lowest BCUT2D eigenvalue weighted by atomic mass is 10.1. The van der Waals surface area contributed by atoms with E-state index in [4.69, 9.17) is 12.2 Å². The van der Waals surface area contributed by atoms with Crippen molar-refractivity contribution in [1.29, 1.82) is 0 Å². The molecule has 1 aliphatic heterocycles. The number of nitrogens with one attached hydrogen (secondary N) is 1. The van der Waals surface area contributed by atoms with Gasteiger partial charge in [0, 0.05) is 17.1 Å². The molecule has 5 nitrogen and oxygen atoms in total. The van der Waals surface area contributed by atoms with E-state index < -0.39 is 11.8 Å². The first-order chi connectivity index (χ1) is 14.8. The highest BCUT2D eigenvalue weighted by atomic mass is 32.1. The summed E-state index contributed by atoms with van der Waals surface area (Å²) < 4.78 is 15.3. The Morgan fingerprint density at radius 3 is 2.35 bits per heavy atom. The fraction of sp³-hybridized carbons (Fsp3) is 0.125. The van der Waals surface area contributed by atoms with Crippen LogP contribution in [0.2, 0.25) is 0 Å². The van der Waals surface area contributed by atoms with Crippen LogP contribution in [0.1, 0.15) is 22.5 Å². The van der Waals surface area contributed by atoms with Gasteiger partial charge >= 0.3 is 0 Å². The number of hydrogen-bond donors (Lipinski definition) is 1. The summed E-state index contributed by atoms with van der Waals surface area (Å²) >= 11 is 5.26. The summed E-state index contributed by atoms with van der Waals surface area (Å²) in [4.78, 5) is 27.2. The Labute approximate surface area is 184 Å². The average Bonchev–Trinajstić information content (AvgIpc) is 2.99. The summed E-state index contributed by atoms with van der Waals surface area (Å²) in [6, 6.07) is 15.4. The molecule has 0 radical (unpaired) electrons. The van der Waals surface area contributed by atoms with E-state index in [1.165, 1.54) is 17.0 Å². The van der Waals surface area contributed by atoms with Crippen LogP contribution in [0.4, 0.5) is 10.1 Å². The Hall–Kier alpha value is -3.58. The molecule has 0 spiro atoms. The van der Waals surface area contributed by atoms with Crippen molar-refractivity contribution >= 4 is 40.9 Å². The number of halogens is 1. The number of amides is 2. The number of carbonyl (C=O) groups is 2. The Kier molecular flexibility index (Phi) is 5.29. The molecule has 31 heavy (non-hydrogen) atoms. The molecule has 0 aliphatic carbocycles. The maximum Gasteiger partial charge on any atom is 0.270 e. The van der Waals surface area contributed by atoms with E-state index in [0.717, 1.165) is 28.2 Å². The van der Waals surface area contributed by atoms with Crippen LogP contribution in [-0.4, -0.2) is 21.5 Å². The van der Waals surface area contributed by atoms with Crippen LogP contribution in [0, 0.1) is 26.6 Å². The maximum atomic E-state index is 13.3. The first-order valence-corrected chi connectivity index (χ1v) is 10.1. The van der Waals surface area contributed by atoms with E-state index in [0.29, 0.717) is 5.69 Å². The van der Waals surface area contributed by atoms with Crippen LogP contribution in [0.3, 0.4) is 0 Å². The minimum absolute atomic E-state index is 0.00513. The minimum atomic E-state index is -0.537. The number of thiocarbonyl (C=S) groups is 1. The SMILES string of the molecule is Cc1cccc(N2C(=O)/C(=C\c3cc(C)n(-c4ccc(F)cc4)c3C)C(=O)NC2=S)c1. The Bertz CT molecular complexity index is 1260. The molecule has 2 heterocycles. The zero-order valence-electron chi connectivity index (χ0n) is 17.3. The van der Waals surface area contributed by atoms with Crippen LogP contribution in [0.5, 0.6) is 0 Å². The number of benzene rings is 2. The number of hydrogen-bond acceptors (Lipinski definition) is 3. The van der Waals surface area contributed by atoms with E-state index in [9.17, 15) is 14.0 Å². The summed E-state index contributed by atoms with van der Waals surface area (Å²) in [7, 11) is 0. The molecule has 1 aliphatic rings. The van der Waals surface area contributed by atoms with Gasteiger partial charge in [0.05, 0.1) is 5.69 Å². The van der Waals surface area contributed by atoms with Crippen LogP contribution in [0.15, 0.2) is 60.2 Å². The molecule has 1 fully saturated rings. The van der Waals surface area contributed by atoms with Gasteiger partial charge in [0.1, 0.15) is 11.4 Å². The number of nitrogens with zero attached hydrogens (tertiary/aromatic N) is 2. The van der Waals surface area contributed by atoms with Gasteiger partial charge in [-0.05, 0) is 92.7 Å². The Balaban J connectivity index is 1.76. The Morgan fingerprint density at radius 2 is 1.68 bits per heavy atom. The van der Waals surface area contributed by atoms with Crippen LogP contribution >= 0.6 is 12.2 Å². The first-order valence-electron chi connectivity index (χ1n) is 9.69. The fourth-order valence-corrected chi connectivity index (χ4v) is 4.02. The molecule has 3 aromatic rings. The number of rotatable bonds is 3. The summed E-state index contributed by atoms with van der Waals surface area (Å²) in [5, 5.41) is 2.66. The van der Waals surface area contributed by atoms with Crippen LogP contribution < -0.4 is 10.2 Å². The monoisotopic (exact) mass is 433 g/mol. The van der Waals surface area contributed by atoms with Crippen molar-refractivity contribution in [2.24, 2.45) is 0 Å². The molecule has 156 valence electrons. The largest absolute Gasteiger partial charge is 0.318 e. The number of aromatic nitrogens is 1. The lowest BCUT2D eigenvalue weighted by Crippen LogP contribution is -2.54. The number of carbonyl (C=O) groups excluding carboxylic acids is 2. The maximum absolute atomic E-state index is 13.3. The molecule has 1 aromatic heterocycles. The molecular formula is C24H20FN3O2S. The molecule has 1 saturated heterocycles. The minimum Gasteiger partial charge on any atom is -0.318 e. The highest BCUT2D eigenvalue weighted by Gasteiger charge is 2.34. The smallest absolute Gasteiger partial charge is 0.270 e. The van der Waals surface area contributed by atoms with Gasteiger partial charge < -0.3 is 4.57 Å². The highest BCUT2D eigenvalue weighted by Crippen LogP contribution is 2.26. The Morgan fingerprint density at radius 1 is 0.968 bits per heavy atom.